The van der Waals surface area contributed by atoms with Crippen molar-refractivity contribution in [3.8, 4) is 0 Å². The number of benzene rings is 2. The van der Waals surface area contributed by atoms with Crippen LogP contribution in [-0.2, 0) is 10.0 Å². The molecule has 0 unspecified atom stereocenters. The first-order chi connectivity index (χ1) is 13.2. The van der Waals surface area contributed by atoms with Crippen LogP contribution < -0.4 is 9.62 Å². The molecule has 1 aromatic heterocycles. The standard InChI is InChI=1S/C21H22N2O3S2/c1-14-12-15(2)20(16(3)13-14)22-21(24)17-7-9-18(10-8-17)23(4)28(25,26)19-6-5-11-27-19/h5-13H,1-4H3,(H,22,24). The van der Waals surface area contributed by atoms with Crippen molar-refractivity contribution in [2.75, 3.05) is 16.7 Å². The van der Waals surface area contributed by atoms with E-state index in [0.29, 0.717) is 11.3 Å². The van der Waals surface area contributed by atoms with E-state index in [2.05, 4.69) is 5.32 Å². The zero-order valence-corrected chi connectivity index (χ0v) is 17.8. The van der Waals surface area contributed by atoms with Crippen molar-refractivity contribution in [2.24, 2.45) is 0 Å². The molecule has 0 saturated carbocycles. The molecule has 0 spiro atoms. The predicted octanol–water partition coefficient (Wildman–Crippen LogP) is 4.75. The highest BCUT2D eigenvalue weighted by Crippen LogP contribution is 2.26. The summed E-state index contributed by atoms with van der Waals surface area (Å²) in [5, 5.41) is 4.68. The molecule has 7 heteroatoms. The molecule has 1 N–H and O–H groups in total. The van der Waals surface area contributed by atoms with E-state index < -0.39 is 10.0 Å². The molecule has 0 aliphatic heterocycles. The Morgan fingerprint density at radius 1 is 1.00 bits per heavy atom. The minimum atomic E-state index is -3.59. The fraction of sp³-hybridized carbons (Fsp3) is 0.190. The molecule has 0 radical (unpaired) electrons. The molecule has 28 heavy (non-hydrogen) atoms. The van der Waals surface area contributed by atoms with E-state index in [1.807, 2.05) is 32.9 Å². The highest BCUT2D eigenvalue weighted by atomic mass is 32.2. The number of amides is 1. The molecular formula is C21H22N2O3S2. The Balaban J connectivity index is 1.80. The quantitative estimate of drug-likeness (QED) is 0.655. The second-order valence-corrected chi connectivity index (χ2v) is 9.82. The van der Waals surface area contributed by atoms with Gasteiger partial charge in [-0.15, -0.1) is 11.3 Å². The molecule has 2 aromatic carbocycles. The number of rotatable bonds is 5. The van der Waals surface area contributed by atoms with Gasteiger partial charge in [0.1, 0.15) is 4.21 Å². The molecule has 5 nitrogen and oxygen atoms in total. The van der Waals surface area contributed by atoms with Gasteiger partial charge >= 0.3 is 0 Å². The molecule has 1 heterocycles. The van der Waals surface area contributed by atoms with Crippen molar-refractivity contribution in [3.63, 3.8) is 0 Å². The average molecular weight is 415 g/mol. The van der Waals surface area contributed by atoms with E-state index in [1.54, 1.807) is 41.8 Å². The number of hydrogen-bond donors (Lipinski definition) is 1. The number of nitrogens with one attached hydrogen (secondary N) is 1. The Bertz CT molecular complexity index is 1080. The number of thiophene rings is 1. The minimum absolute atomic E-state index is 0.231. The van der Waals surface area contributed by atoms with Crippen LogP contribution in [0, 0.1) is 20.8 Å². The van der Waals surface area contributed by atoms with Crippen molar-refractivity contribution in [1.82, 2.24) is 0 Å². The number of anilines is 2. The number of sulfonamides is 1. The fourth-order valence-electron chi connectivity index (χ4n) is 3.07. The maximum atomic E-state index is 12.6. The Hall–Kier alpha value is -2.64. The molecule has 0 saturated heterocycles. The summed E-state index contributed by atoms with van der Waals surface area (Å²) in [6.45, 7) is 5.94. The van der Waals surface area contributed by atoms with E-state index in [9.17, 15) is 13.2 Å². The zero-order chi connectivity index (χ0) is 20.5. The summed E-state index contributed by atoms with van der Waals surface area (Å²) >= 11 is 1.17. The third kappa shape index (κ3) is 3.95. The van der Waals surface area contributed by atoms with Gasteiger partial charge in [-0.2, -0.15) is 0 Å². The summed E-state index contributed by atoms with van der Waals surface area (Å²) in [6, 6.07) is 13.8. The maximum Gasteiger partial charge on any atom is 0.273 e. The van der Waals surface area contributed by atoms with Gasteiger partial charge in [-0.05, 0) is 67.6 Å². The third-order valence-corrected chi connectivity index (χ3v) is 7.68. The van der Waals surface area contributed by atoms with E-state index in [1.165, 1.54) is 22.7 Å². The molecule has 146 valence electrons. The first-order valence-electron chi connectivity index (χ1n) is 8.72. The van der Waals surface area contributed by atoms with Crippen LogP contribution in [-0.4, -0.2) is 21.4 Å². The van der Waals surface area contributed by atoms with Crippen LogP contribution in [0.5, 0.6) is 0 Å². The average Bonchev–Trinajstić information content (AvgIpc) is 3.19. The van der Waals surface area contributed by atoms with Crippen LogP contribution in [0.15, 0.2) is 58.1 Å². The summed E-state index contributed by atoms with van der Waals surface area (Å²) in [4.78, 5) is 12.6. The maximum absolute atomic E-state index is 12.6. The molecule has 3 rings (SSSR count). The molecule has 1 amide bonds. The van der Waals surface area contributed by atoms with E-state index in [4.69, 9.17) is 0 Å². The number of aryl methyl sites for hydroxylation is 3. The van der Waals surface area contributed by atoms with Crippen LogP contribution in [0.2, 0.25) is 0 Å². The Morgan fingerprint density at radius 2 is 1.61 bits per heavy atom. The van der Waals surface area contributed by atoms with Crippen molar-refractivity contribution >= 4 is 38.6 Å². The van der Waals surface area contributed by atoms with Gasteiger partial charge in [-0.3, -0.25) is 9.10 Å². The molecule has 0 atom stereocenters. The monoisotopic (exact) mass is 414 g/mol. The lowest BCUT2D eigenvalue weighted by atomic mass is 10.0. The van der Waals surface area contributed by atoms with Gasteiger partial charge in [0.05, 0.1) is 5.69 Å². The summed E-state index contributed by atoms with van der Waals surface area (Å²) in [5.74, 6) is -0.231. The lowest BCUT2D eigenvalue weighted by Crippen LogP contribution is -2.25. The summed E-state index contributed by atoms with van der Waals surface area (Å²) in [7, 11) is -2.09. The van der Waals surface area contributed by atoms with Crippen LogP contribution in [0.4, 0.5) is 11.4 Å². The molecule has 0 aliphatic carbocycles. The molecule has 0 fully saturated rings. The van der Waals surface area contributed by atoms with Crippen molar-refractivity contribution < 1.29 is 13.2 Å². The minimum Gasteiger partial charge on any atom is -0.322 e. The second-order valence-electron chi connectivity index (χ2n) is 6.68. The van der Waals surface area contributed by atoms with Crippen molar-refractivity contribution in [1.29, 1.82) is 0 Å². The van der Waals surface area contributed by atoms with E-state index >= 15 is 0 Å². The van der Waals surface area contributed by atoms with E-state index in [-0.39, 0.29) is 10.1 Å². The van der Waals surface area contributed by atoms with Gasteiger partial charge < -0.3 is 5.32 Å². The Labute approximate surface area is 169 Å². The van der Waals surface area contributed by atoms with Gasteiger partial charge in [0.15, 0.2) is 0 Å². The lowest BCUT2D eigenvalue weighted by Gasteiger charge is -2.19. The normalized spacial score (nSPS) is 11.3. The van der Waals surface area contributed by atoms with E-state index in [0.717, 1.165) is 22.4 Å². The first kappa shape index (κ1) is 20.1. The zero-order valence-electron chi connectivity index (χ0n) is 16.2. The number of hydrogen-bond acceptors (Lipinski definition) is 4. The highest BCUT2D eigenvalue weighted by Gasteiger charge is 2.22. The van der Waals surface area contributed by atoms with Crippen LogP contribution in [0.25, 0.3) is 0 Å². The highest BCUT2D eigenvalue weighted by molar-refractivity contribution is 7.94. The first-order valence-corrected chi connectivity index (χ1v) is 11.0. The molecule has 3 aromatic rings. The molecule has 0 aliphatic rings. The Kier molecular flexibility index (Phi) is 5.58. The van der Waals surface area contributed by atoms with Gasteiger partial charge in [0.25, 0.3) is 15.9 Å². The molecular weight excluding hydrogens is 392 g/mol. The number of carbonyl (C=O) groups excluding carboxylic acids is 1. The largest absolute Gasteiger partial charge is 0.322 e. The van der Waals surface area contributed by atoms with Crippen LogP contribution >= 0.6 is 11.3 Å². The van der Waals surface area contributed by atoms with Crippen molar-refractivity contribution in [3.05, 3.63) is 76.2 Å². The smallest absolute Gasteiger partial charge is 0.273 e. The summed E-state index contributed by atoms with van der Waals surface area (Å²) in [5.41, 5.74) is 4.91. The fourth-order valence-corrected chi connectivity index (χ4v) is 5.43. The second kappa shape index (κ2) is 7.77. The summed E-state index contributed by atoms with van der Waals surface area (Å²) in [6.07, 6.45) is 0. The predicted molar refractivity (Wildman–Crippen MR) is 115 cm³/mol. The topological polar surface area (TPSA) is 66.5 Å². The SMILES string of the molecule is Cc1cc(C)c(NC(=O)c2ccc(N(C)S(=O)(=O)c3cccs3)cc2)c(C)c1. The summed E-state index contributed by atoms with van der Waals surface area (Å²) < 4.78 is 26.7. The van der Waals surface area contributed by atoms with Gasteiger partial charge in [-0.1, -0.05) is 23.8 Å². The van der Waals surface area contributed by atoms with Gasteiger partial charge in [-0.25, -0.2) is 8.42 Å². The van der Waals surface area contributed by atoms with Crippen LogP contribution in [0.1, 0.15) is 27.0 Å². The van der Waals surface area contributed by atoms with Gasteiger partial charge in [0, 0.05) is 18.3 Å². The lowest BCUT2D eigenvalue weighted by molar-refractivity contribution is 0.102. The van der Waals surface area contributed by atoms with Crippen molar-refractivity contribution in [2.45, 2.75) is 25.0 Å². The van der Waals surface area contributed by atoms with Gasteiger partial charge in [0.2, 0.25) is 0 Å². The number of nitrogens with zero attached hydrogens (tertiary/aromatic N) is 1. The number of carbonyl (C=O) groups is 1. The third-order valence-electron chi connectivity index (χ3n) is 4.52. The van der Waals surface area contributed by atoms with Crippen LogP contribution in [0.3, 0.4) is 0 Å². The molecule has 0 bridgehead atoms. The Morgan fingerprint density at radius 3 is 2.14 bits per heavy atom.